The molecule has 150 valence electrons. The van der Waals surface area contributed by atoms with E-state index in [9.17, 15) is 10.5 Å². The summed E-state index contributed by atoms with van der Waals surface area (Å²) in [6, 6.07) is 16.5. The van der Waals surface area contributed by atoms with Crippen molar-refractivity contribution in [3.63, 3.8) is 0 Å². The van der Waals surface area contributed by atoms with Gasteiger partial charge in [-0.1, -0.05) is 19.1 Å². The highest BCUT2D eigenvalue weighted by molar-refractivity contribution is 5.81. The van der Waals surface area contributed by atoms with Crippen LogP contribution in [0.25, 0.3) is 10.9 Å². The van der Waals surface area contributed by atoms with Gasteiger partial charge in [-0.15, -0.1) is 0 Å². The quantitative estimate of drug-likeness (QED) is 0.627. The van der Waals surface area contributed by atoms with Crippen LogP contribution in [-0.4, -0.2) is 18.7 Å². The molecule has 30 heavy (non-hydrogen) atoms. The van der Waals surface area contributed by atoms with E-state index in [1.165, 1.54) is 0 Å². The van der Waals surface area contributed by atoms with E-state index in [4.69, 9.17) is 9.47 Å². The highest BCUT2D eigenvalue weighted by atomic mass is 16.5. The third-order valence-electron chi connectivity index (χ3n) is 5.85. The third kappa shape index (κ3) is 3.33. The van der Waals surface area contributed by atoms with E-state index in [1.54, 1.807) is 7.11 Å². The van der Waals surface area contributed by atoms with Gasteiger partial charge in [0, 0.05) is 17.4 Å². The van der Waals surface area contributed by atoms with Gasteiger partial charge in [-0.05, 0) is 60.7 Å². The average Bonchev–Trinajstić information content (AvgIpc) is 3.26. The molecule has 0 radical (unpaired) electrons. The fourth-order valence-corrected chi connectivity index (χ4v) is 4.14. The summed E-state index contributed by atoms with van der Waals surface area (Å²) in [7, 11) is 1.62. The summed E-state index contributed by atoms with van der Waals surface area (Å²) < 4.78 is 11.3. The Hall–Kier alpha value is -3.57. The second kappa shape index (κ2) is 7.69. The molecule has 1 aromatic heterocycles. The van der Waals surface area contributed by atoms with Gasteiger partial charge in [-0.2, -0.15) is 10.5 Å². The molecule has 1 atom stereocenters. The van der Waals surface area contributed by atoms with Gasteiger partial charge in [0.05, 0.1) is 42.4 Å². The molecule has 0 spiro atoms. The van der Waals surface area contributed by atoms with Crippen molar-refractivity contribution in [2.75, 3.05) is 13.7 Å². The molecule has 1 aliphatic heterocycles. The van der Waals surface area contributed by atoms with Crippen LogP contribution >= 0.6 is 0 Å². The number of nitriles is 2. The lowest BCUT2D eigenvalue weighted by atomic mass is 9.77. The molecule has 1 unspecified atom stereocenters. The summed E-state index contributed by atoms with van der Waals surface area (Å²) in [5, 5.41) is 20.6. The number of rotatable bonds is 5. The second-order valence-electron chi connectivity index (χ2n) is 7.87. The predicted molar refractivity (Wildman–Crippen MR) is 115 cm³/mol. The van der Waals surface area contributed by atoms with Crippen molar-refractivity contribution in [1.29, 1.82) is 10.5 Å². The highest BCUT2D eigenvalue weighted by Gasteiger charge is 2.31. The maximum absolute atomic E-state index is 10.1. The zero-order valence-electron chi connectivity index (χ0n) is 17.5. The molecule has 0 saturated heterocycles. The summed E-state index contributed by atoms with van der Waals surface area (Å²) in [5.41, 5.74) is 4.49. The molecule has 2 aromatic carbocycles. The molecule has 0 bridgehead atoms. The van der Waals surface area contributed by atoms with Crippen molar-refractivity contribution in [3.05, 3.63) is 64.2 Å². The molecule has 4 rings (SSSR count). The minimum atomic E-state index is -0.791. The van der Waals surface area contributed by atoms with Crippen LogP contribution in [0.15, 0.2) is 36.4 Å². The number of methoxy groups -OCH3 is 1. The number of aryl methyl sites for hydroxylation is 1. The van der Waals surface area contributed by atoms with E-state index in [0.717, 1.165) is 51.7 Å². The third-order valence-corrected chi connectivity index (χ3v) is 5.85. The van der Waals surface area contributed by atoms with E-state index < -0.39 is 5.41 Å². The Morgan fingerprint density at radius 1 is 1.17 bits per heavy atom. The number of aromatic nitrogens is 1. The summed E-state index contributed by atoms with van der Waals surface area (Å²) in [4.78, 5) is 4.67. The molecular weight excluding hydrogens is 374 g/mol. The molecule has 0 N–H and O–H groups in total. The van der Waals surface area contributed by atoms with Crippen LogP contribution in [0.2, 0.25) is 0 Å². The number of pyridine rings is 1. The summed E-state index contributed by atoms with van der Waals surface area (Å²) in [6.45, 7) is 4.61. The van der Waals surface area contributed by atoms with Gasteiger partial charge >= 0.3 is 0 Å². The predicted octanol–water partition coefficient (Wildman–Crippen LogP) is 4.64. The van der Waals surface area contributed by atoms with E-state index in [1.807, 2.05) is 37.3 Å². The van der Waals surface area contributed by atoms with Crippen LogP contribution in [-0.2, 0) is 24.7 Å². The Labute approximate surface area is 176 Å². The molecular formula is C25H23N3O2. The Bertz CT molecular complexity index is 1220. The number of nitrogens with zero attached hydrogens (tertiary/aromatic N) is 3. The second-order valence-corrected chi connectivity index (χ2v) is 7.87. The van der Waals surface area contributed by atoms with Crippen molar-refractivity contribution in [3.8, 4) is 23.8 Å². The highest BCUT2D eigenvalue weighted by Crippen LogP contribution is 2.37. The average molecular weight is 397 g/mol. The molecule has 0 aliphatic carbocycles. The zero-order chi connectivity index (χ0) is 21.3. The minimum Gasteiger partial charge on any atom is -0.493 e. The van der Waals surface area contributed by atoms with E-state index in [-0.39, 0.29) is 0 Å². The fraction of sp³-hybridized carbons (Fsp3) is 0.320. The molecule has 5 nitrogen and oxygen atoms in total. The topological polar surface area (TPSA) is 78.9 Å². The molecule has 0 amide bonds. The molecule has 1 aliphatic rings. The maximum atomic E-state index is 10.1. The molecule has 2 heterocycles. The first-order chi connectivity index (χ1) is 14.5. The van der Waals surface area contributed by atoms with Crippen LogP contribution in [0, 0.1) is 22.7 Å². The fourth-order valence-electron chi connectivity index (χ4n) is 4.14. The maximum Gasteiger partial charge on any atom is 0.216 e. The Kier molecular flexibility index (Phi) is 5.06. The van der Waals surface area contributed by atoms with E-state index in [0.29, 0.717) is 24.5 Å². The Morgan fingerprint density at radius 3 is 2.70 bits per heavy atom. The largest absolute Gasteiger partial charge is 0.493 e. The van der Waals surface area contributed by atoms with Gasteiger partial charge in [0.1, 0.15) is 5.75 Å². The van der Waals surface area contributed by atoms with Crippen LogP contribution < -0.4 is 9.47 Å². The number of benzene rings is 2. The normalized spacial score (nSPS) is 14.3. The van der Waals surface area contributed by atoms with Gasteiger partial charge in [0.25, 0.3) is 0 Å². The lowest BCUT2D eigenvalue weighted by Crippen LogP contribution is -2.23. The first-order valence-corrected chi connectivity index (χ1v) is 10.1. The monoisotopic (exact) mass is 397 g/mol. The van der Waals surface area contributed by atoms with Crippen molar-refractivity contribution in [1.82, 2.24) is 4.98 Å². The van der Waals surface area contributed by atoms with Gasteiger partial charge in [0.15, 0.2) is 0 Å². The summed E-state index contributed by atoms with van der Waals surface area (Å²) in [5.74, 6) is 1.44. The summed E-state index contributed by atoms with van der Waals surface area (Å²) >= 11 is 0. The number of fused-ring (bicyclic) bond motifs is 2. The summed E-state index contributed by atoms with van der Waals surface area (Å²) in [6.07, 6.45) is 2.09. The lowest BCUT2D eigenvalue weighted by molar-refractivity contribution is 0.351. The SMILES string of the molecule is CCc1cc2ccc(C(C)(C#N)Cc3cc(C#N)cc4c3OCC4)cc2nc1OC. The van der Waals surface area contributed by atoms with Crippen LogP contribution in [0.3, 0.4) is 0 Å². The van der Waals surface area contributed by atoms with Crippen LogP contribution in [0.4, 0.5) is 0 Å². The first-order valence-electron chi connectivity index (χ1n) is 10.1. The number of hydrogen-bond acceptors (Lipinski definition) is 5. The molecule has 0 saturated carbocycles. The zero-order valence-corrected chi connectivity index (χ0v) is 17.5. The molecule has 5 heteroatoms. The smallest absolute Gasteiger partial charge is 0.216 e. The number of hydrogen-bond donors (Lipinski definition) is 0. The van der Waals surface area contributed by atoms with Crippen LogP contribution in [0.5, 0.6) is 11.6 Å². The Morgan fingerprint density at radius 2 is 2.00 bits per heavy atom. The van der Waals surface area contributed by atoms with Gasteiger partial charge in [-0.25, -0.2) is 4.98 Å². The molecule has 0 fully saturated rings. The van der Waals surface area contributed by atoms with E-state index in [2.05, 4.69) is 30.1 Å². The molecule has 3 aromatic rings. The first kappa shape index (κ1) is 19.7. The van der Waals surface area contributed by atoms with Gasteiger partial charge in [0.2, 0.25) is 5.88 Å². The van der Waals surface area contributed by atoms with E-state index >= 15 is 0 Å². The van der Waals surface area contributed by atoms with Crippen molar-refractivity contribution >= 4 is 10.9 Å². The standard InChI is InChI=1S/C25H23N3O2/c1-4-17-11-18-5-6-21(12-22(18)28-24(17)29-3)25(2,15-27)13-20-10-16(14-26)9-19-7-8-30-23(19)20/h5-6,9-12H,4,7-8,13H2,1-3H3. The Balaban J connectivity index is 1.78. The number of ether oxygens (including phenoxy) is 2. The van der Waals surface area contributed by atoms with Gasteiger partial charge < -0.3 is 9.47 Å². The van der Waals surface area contributed by atoms with Crippen molar-refractivity contribution < 1.29 is 9.47 Å². The van der Waals surface area contributed by atoms with Crippen molar-refractivity contribution in [2.45, 2.75) is 38.5 Å². The van der Waals surface area contributed by atoms with Crippen molar-refractivity contribution in [2.24, 2.45) is 0 Å². The van der Waals surface area contributed by atoms with Crippen LogP contribution in [0.1, 0.15) is 41.7 Å². The van der Waals surface area contributed by atoms with Gasteiger partial charge in [-0.3, -0.25) is 0 Å². The minimum absolute atomic E-state index is 0.455. The lowest BCUT2D eigenvalue weighted by Gasteiger charge is -2.24.